The third kappa shape index (κ3) is 5.02. The summed E-state index contributed by atoms with van der Waals surface area (Å²) in [4.78, 5) is 14.9. The normalized spacial score (nSPS) is 16.1. The maximum atomic E-state index is 12.7. The lowest BCUT2D eigenvalue weighted by Gasteiger charge is -2.32. The molecule has 160 valence electrons. The Bertz CT molecular complexity index is 1020. The van der Waals surface area contributed by atoms with Crippen LogP contribution in [0.4, 0.5) is 5.82 Å². The molecule has 6 nitrogen and oxygen atoms in total. The molecule has 1 unspecified atom stereocenters. The summed E-state index contributed by atoms with van der Waals surface area (Å²) < 4.78 is 5.18. The van der Waals surface area contributed by atoms with Crippen LogP contribution in [0.3, 0.4) is 0 Å². The molecule has 1 aliphatic heterocycles. The molecule has 0 bridgehead atoms. The average molecular weight is 417 g/mol. The predicted molar refractivity (Wildman–Crippen MR) is 122 cm³/mol. The second-order valence-electron chi connectivity index (χ2n) is 7.94. The van der Waals surface area contributed by atoms with Crippen LogP contribution in [0.5, 0.6) is 5.75 Å². The van der Waals surface area contributed by atoms with E-state index >= 15 is 0 Å². The van der Waals surface area contributed by atoms with Crippen LogP contribution in [0.25, 0.3) is 11.3 Å². The van der Waals surface area contributed by atoms with Crippen LogP contribution >= 0.6 is 0 Å². The maximum Gasteiger partial charge on any atom is 0.225 e. The zero-order valence-corrected chi connectivity index (χ0v) is 18.0. The van der Waals surface area contributed by atoms with Crippen LogP contribution in [-0.4, -0.2) is 36.3 Å². The average Bonchev–Trinajstić information content (AvgIpc) is 2.83. The molecule has 1 aliphatic rings. The van der Waals surface area contributed by atoms with E-state index < -0.39 is 0 Å². The van der Waals surface area contributed by atoms with Gasteiger partial charge in [-0.05, 0) is 55.2 Å². The molecule has 1 aromatic heterocycles. The number of methoxy groups -OCH3 is 1. The SMILES string of the molecule is COc1ccc(CNC(=O)C2CCCN(c3ccc(-c4ccccc4C)nn3)C2)cc1. The van der Waals surface area contributed by atoms with Crippen molar-refractivity contribution in [3.05, 3.63) is 71.8 Å². The van der Waals surface area contributed by atoms with E-state index in [2.05, 4.69) is 39.5 Å². The van der Waals surface area contributed by atoms with Gasteiger partial charge in [-0.2, -0.15) is 0 Å². The van der Waals surface area contributed by atoms with Crippen molar-refractivity contribution >= 4 is 11.7 Å². The molecule has 1 atom stereocenters. The van der Waals surface area contributed by atoms with Gasteiger partial charge in [-0.25, -0.2) is 0 Å². The van der Waals surface area contributed by atoms with E-state index in [1.54, 1.807) is 7.11 Å². The third-order valence-electron chi connectivity index (χ3n) is 5.81. The molecule has 1 N–H and O–H groups in total. The van der Waals surface area contributed by atoms with Crippen molar-refractivity contribution in [1.29, 1.82) is 0 Å². The molecule has 0 aliphatic carbocycles. The first-order valence-corrected chi connectivity index (χ1v) is 10.7. The first-order valence-electron chi connectivity index (χ1n) is 10.7. The number of ether oxygens (including phenoxy) is 1. The Labute approximate surface area is 183 Å². The fourth-order valence-electron chi connectivity index (χ4n) is 3.97. The maximum absolute atomic E-state index is 12.7. The zero-order valence-electron chi connectivity index (χ0n) is 18.0. The molecule has 2 heterocycles. The van der Waals surface area contributed by atoms with Crippen molar-refractivity contribution in [2.24, 2.45) is 5.92 Å². The van der Waals surface area contributed by atoms with Gasteiger partial charge < -0.3 is 15.0 Å². The number of hydrogen-bond acceptors (Lipinski definition) is 5. The van der Waals surface area contributed by atoms with Crippen molar-refractivity contribution in [3.63, 3.8) is 0 Å². The van der Waals surface area contributed by atoms with Crippen LogP contribution in [-0.2, 0) is 11.3 Å². The lowest BCUT2D eigenvalue weighted by molar-refractivity contribution is -0.125. The molecular weight excluding hydrogens is 388 g/mol. The molecule has 6 heteroatoms. The van der Waals surface area contributed by atoms with Gasteiger partial charge in [-0.1, -0.05) is 36.4 Å². The van der Waals surface area contributed by atoms with E-state index in [4.69, 9.17) is 4.74 Å². The number of rotatable bonds is 6. The minimum atomic E-state index is -0.0511. The quantitative estimate of drug-likeness (QED) is 0.658. The largest absolute Gasteiger partial charge is 0.497 e. The lowest BCUT2D eigenvalue weighted by atomic mass is 9.97. The fourth-order valence-corrected chi connectivity index (χ4v) is 3.97. The Balaban J connectivity index is 1.36. The topological polar surface area (TPSA) is 67.3 Å². The Kier molecular flexibility index (Phi) is 6.46. The molecule has 3 aromatic rings. The predicted octanol–water partition coefficient (Wildman–Crippen LogP) is 3.99. The van der Waals surface area contributed by atoms with Gasteiger partial charge >= 0.3 is 0 Å². The molecule has 1 amide bonds. The molecular formula is C25H28N4O2. The number of aryl methyl sites for hydroxylation is 1. The van der Waals surface area contributed by atoms with E-state index in [0.717, 1.165) is 47.8 Å². The van der Waals surface area contributed by atoms with Gasteiger partial charge in [-0.15, -0.1) is 10.2 Å². The highest BCUT2D eigenvalue weighted by Gasteiger charge is 2.26. The molecule has 0 radical (unpaired) electrons. The first-order chi connectivity index (χ1) is 15.1. The number of carbonyl (C=O) groups is 1. The van der Waals surface area contributed by atoms with Crippen LogP contribution in [0.2, 0.25) is 0 Å². The number of nitrogens with zero attached hydrogens (tertiary/aromatic N) is 3. The molecule has 1 saturated heterocycles. The van der Waals surface area contributed by atoms with Crippen molar-refractivity contribution in [3.8, 4) is 17.0 Å². The number of piperidine rings is 1. The summed E-state index contributed by atoms with van der Waals surface area (Å²) in [5.41, 5.74) is 4.19. The lowest BCUT2D eigenvalue weighted by Crippen LogP contribution is -2.43. The number of aromatic nitrogens is 2. The van der Waals surface area contributed by atoms with Gasteiger partial charge in [0.05, 0.1) is 18.7 Å². The van der Waals surface area contributed by atoms with Gasteiger partial charge in [0.15, 0.2) is 5.82 Å². The summed E-state index contributed by atoms with van der Waals surface area (Å²) >= 11 is 0. The Morgan fingerprint density at radius 1 is 1.10 bits per heavy atom. The molecule has 1 fully saturated rings. The second-order valence-corrected chi connectivity index (χ2v) is 7.94. The van der Waals surface area contributed by atoms with Gasteiger partial charge in [0.2, 0.25) is 5.91 Å². The summed E-state index contributed by atoms with van der Waals surface area (Å²) in [6, 6.07) is 19.9. The third-order valence-corrected chi connectivity index (χ3v) is 5.81. The zero-order chi connectivity index (χ0) is 21.6. The molecule has 4 rings (SSSR count). The van der Waals surface area contributed by atoms with Crippen molar-refractivity contribution in [2.75, 3.05) is 25.1 Å². The molecule has 2 aromatic carbocycles. The first kappa shape index (κ1) is 20.8. The van der Waals surface area contributed by atoms with E-state index in [1.165, 1.54) is 5.56 Å². The highest BCUT2D eigenvalue weighted by Crippen LogP contribution is 2.25. The standard InChI is InChI=1S/C25H28N4O2/c1-18-6-3-4-8-22(18)23-13-14-24(28-27-23)29-15-5-7-20(17-29)25(30)26-16-19-9-11-21(31-2)12-10-19/h3-4,6,8-14,20H,5,7,15-17H2,1-2H3,(H,26,30). The van der Waals surface area contributed by atoms with E-state index in [1.807, 2.05) is 48.5 Å². The van der Waals surface area contributed by atoms with E-state index in [-0.39, 0.29) is 11.8 Å². The van der Waals surface area contributed by atoms with Gasteiger partial charge in [-0.3, -0.25) is 4.79 Å². The molecule has 0 saturated carbocycles. The smallest absolute Gasteiger partial charge is 0.225 e. The number of hydrogen-bond donors (Lipinski definition) is 1. The van der Waals surface area contributed by atoms with Crippen molar-refractivity contribution in [2.45, 2.75) is 26.3 Å². The minimum Gasteiger partial charge on any atom is -0.497 e. The van der Waals surface area contributed by atoms with Crippen LogP contribution in [0, 0.1) is 12.8 Å². The Morgan fingerprint density at radius 2 is 1.90 bits per heavy atom. The van der Waals surface area contributed by atoms with E-state index in [0.29, 0.717) is 13.1 Å². The highest BCUT2D eigenvalue weighted by atomic mass is 16.5. The van der Waals surface area contributed by atoms with Gasteiger partial charge in [0, 0.05) is 25.2 Å². The minimum absolute atomic E-state index is 0.0511. The van der Waals surface area contributed by atoms with Gasteiger partial charge in [0.1, 0.15) is 5.75 Å². The number of amides is 1. The monoisotopic (exact) mass is 416 g/mol. The van der Waals surface area contributed by atoms with Crippen LogP contribution < -0.4 is 15.0 Å². The summed E-state index contributed by atoms with van der Waals surface area (Å²) in [5, 5.41) is 12.0. The summed E-state index contributed by atoms with van der Waals surface area (Å²) in [6.07, 6.45) is 1.85. The second kappa shape index (κ2) is 9.60. The number of benzene rings is 2. The highest BCUT2D eigenvalue weighted by molar-refractivity contribution is 5.79. The summed E-state index contributed by atoms with van der Waals surface area (Å²) in [5.74, 6) is 1.67. The summed E-state index contributed by atoms with van der Waals surface area (Å²) in [7, 11) is 1.65. The van der Waals surface area contributed by atoms with E-state index in [9.17, 15) is 4.79 Å². The Hall–Kier alpha value is -3.41. The fraction of sp³-hybridized carbons (Fsp3) is 0.320. The van der Waals surface area contributed by atoms with Crippen LogP contribution in [0.15, 0.2) is 60.7 Å². The number of nitrogens with one attached hydrogen (secondary N) is 1. The summed E-state index contributed by atoms with van der Waals surface area (Å²) in [6.45, 7) is 4.14. The van der Waals surface area contributed by atoms with Crippen LogP contribution in [0.1, 0.15) is 24.0 Å². The molecule has 0 spiro atoms. The number of anilines is 1. The Morgan fingerprint density at radius 3 is 2.61 bits per heavy atom. The molecule has 31 heavy (non-hydrogen) atoms. The number of carbonyl (C=O) groups excluding carboxylic acids is 1. The van der Waals surface area contributed by atoms with Gasteiger partial charge in [0.25, 0.3) is 0 Å². The van der Waals surface area contributed by atoms with Crippen molar-refractivity contribution in [1.82, 2.24) is 15.5 Å². The van der Waals surface area contributed by atoms with Crippen molar-refractivity contribution < 1.29 is 9.53 Å².